The summed E-state index contributed by atoms with van der Waals surface area (Å²) in [4.78, 5) is 0. The third kappa shape index (κ3) is 6.73. The lowest BCUT2D eigenvalue weighted by Gasteiger charge is -2.44. The Morgan fingerprint density at radius 2 is 1.12 bits per heavy atom. The summed E-state index contributed by atoms with van der Waals surface area (Å²) in [6.45, 7) is 3.82. The minimum Gasteiger partial charge on any atom is -0.374 e. The van der Waals surface area contributed by atoms with E-state index in [0.717, 1.165) is 16.7 Å². The zero-order valence-electron chi connectivity index (χ0n) is 19.1. The molecule has 4 rings (SSSR count). The van der Waals surface area contributed by atoms with E-state index in [1.54, 1.807) is 0 Å². The van der Waals surface area contributed by atoms with Gasteiger partial charge in [0.15, 0.2) is 0 Å². The average molecular weight is 448 g/mol. The minimum atomic E-state index is -0.351. The average Bonchev–Trinajstić information content (AvgIpc) is 2.86. The highest BCUT2D eigenvalue weighted by atomic mass is 16.6. The monoisotopic (exact) mass is 447 g/mol. The van der Waals surface area contributed by atoms with Crippen molar-refractivity contribution in [1.29, 1.82) is 0 Å². The Hall–Kier alpha value is -2.54. The Morgan fingerprint density at radius 3 is 1.64 bits per heavy atom. The summed E-state index contributed by atoms with van der Waals surface area (Å²) in [6.07, 6.45) is -1.13. The molecule has 5 heteroatoms. The van der Waals surface area contributed by atoms with Crippen molar-refractivity contribution in [3.63, 3.8) is 0 Å². The summed E-state index contributed by atoms with van der Waals surface area (Å²) < 4.78 is 25.1. The van der Waals surface area contributed by atoms with Crippen LogP contribution in [-0.2, 0) is 38.8 Å². The van der Waals surface area contributed by atoms with Crippen molar-refractivity contribution >= 4 is 0 Å². The van der Waals surface area contributed by atoms with Gasteiger partial charge in [0.05, 0.1) is 38.6 Å². The molecule has 1 saturated heterocycles. The molecule has 1 unspecified atom stereocenters. The minimum absolute atomic E-state index is 0.173. The van der Waals surface area contributed by atoms with Gasteiger partial charge in [-0.05, 0) is 23.6 Å². The number of benzene rings is 3. The van der Waals surface area contributed by atoms with Crippen LogP contribution in [0.15, 0.2) is 91.0 Å². The summed E-state index contributed by atoms with van der Waals surface area (Å²) in [5.41, 5.74) is 9.87. The van der Waals surface area contributed by atoms with Gasteiger partial charge < -0.3 is 24.7 Å². The van der Waals surface area contributed by atoms with E-state index in [-0.39, 0.29) is 30.5 Å². The number of hydrogen-bond acceptors (Lipinski definition) is 5. The van der Waals surface area contributed by atoms with Crippen LogP contribution < -0.4 is 5.73 Å². The number of rotatable bonds is 10. The van der Waals surface area contributed by atoms with Gasteiger partial charge in [-0.15, -0.1) is 0 Å². The first-order chi connectivity index (χ1) is 16.2. The molecular formula is C28H33NO4. The van der Waals surface area contributed by atoms with Crippen LogP contribution in [0.5, 0.6) is 0 Å². The summed E-state index contributed by atoms with van der Waals surface area (Å²) in [5.74, 6) is 0. The van der Waals surface area contributed by atoms with Crippen LogP contribution >= 0.6 is 0 Å². The lowest BCUT2D eigenvalue weighted by atomic mass is 9.93. The van der Waals surface area contributed by atoms with E-state index in [2.05, 4.69) is 24.3 Å². The Kier molecular flexibility index (Phi) is 8.64. The molecule has 0 spiro atoms. The van der Waals surface area contributed by atoms with Crippen LogP contribution in [0.4, 0.5) is 0 Å². The van der Waals surface area contributed by atoms with E-state index in [1.807, 2.05) is 73.7 Å². The first-order valence-electron chi connectivity index (χ1n) is 11.5. The molecule has 1 fully saturated rings. The van der Waals surface area contributed by atoms with Crippen molar-refractivity contribution in [1.82, 2.24) is 0 Å². The molecule has 0 radical (unpaired) electrons. The van der Waals surface area contributed by atoms with Gasteiger partial charge in [0.25, 0.3) is 0 Å². The fourth-order valence-electron chi connectivity index (χ4n) is 4.08. The highest BCUT2D eigenvalue weighted by Gasteiger charge is 2.44. The number of nitrogens with two attached hydrogens (primary N) is 1. The van der Waals surface area contributed by atoms with Crippen molar-refractivity contribution < 1.29 is 18.9 Å². The van der Waals surface area contributed by atoms with Crippen LogP contribution in [-0.4, -0.2) is 37.1 Å². The molecule has 0 saturated carbocycles. The lowest BCUT2D eigenvalue weighted by Crippen LogP contribution is -2.62. The van der Waals surface area contributed by atoms with E-state index in [1.165, 1.54) is 0 Å². The molecule has 3 aromatic rings. The van der Waals surface area contributed by atoms with E-state index in [4.69, 9.17) is 24.7 Å². The van der Waals surface area contributed by atoms with Crippen LogP contribution in [0, 0.1) is 0 Å². The molecule has 33 heavy (non-hydrogen) atoms. The van der Waals surface area contributed by atoms with Gasteiger partial charge in [-0.1, -0.05) is 91.0 Å². The van der Waals surface area contributed by atoms with Gasteiger partial charge in [-0.25, -0.2) is 0 Å². The van der Waals surface area contributed by atoms with Crippen molar-refractivity contribution in [2.24, 2.45) is 5.73 Å². The van der Waals surface area contributed by atoms with Gasteiger partial charge in [0.2, 0.25) is 0 Å². The second-order valence-corrected chi connectivity index (χ2v) is 8.48. The molecule has 2 N–H and O–H groups in total. The van der Waals surface area contributed by atoms with Crippen LogP contribution in [0.1, 0.15) is 23.6 Å². The summed E-state index contributed by atoms with van der Waals surface area (Å²) in [6, 6.07) is 30.0. The second-order valence-electron chi connectivity index (χ2n) is 8.48. The number of hydrogen-bond donors (Lipinski definition) is 1. The largest absolute Gasteiger partial charge is 0.374 e. The maximum atomic E-state index is 6.56. The Labute approximate surface area is 196 Å². The van der Waals surface area contributed by atoms with Crippen LogP contribution in [0.25, 0.3) is 0 Å². The molecule has 1 heterocycles. The Balaban J connectivity index is 1.46. The number of ether oxygens (including phenoxy) is 4. The summed E-state index contributed by atoms with van der Waals surface area (Å²) in [7, 11) is 0. The van der Waals surface area contributed by atoms with Crippen molar-refractivity contribution in [3.05, 3.63) is 108 Å². The molecule has 0 bridgehead atoms. The van der Waals surface area contributed by atoms with Crippen LogP contribution in [0.2, 0.25) is 0 Å². The molecule has 3 aromatic carbocycles. The van der Waals surface area contributed by atoms with E-state index < -0.39 is 0 Å². The zero-order valence-corrected chi connectivity index (χ0v) is 19.1. The van der Waals surface area contributed by atoms with Crippen molar-refractivity contribution in [2.75, 3.05) is 6.61 Å². The van der Waals surface area contributed by atoms with Gasteiger partial charge >= 0.3 is 0 Å². The summed E-state index contributed by atoms with van der Waals surface area (Å²) in [5, 5.41) is 0. The molecule has 174 valence electrons. The highest BCUT2D eigenvalue weighted by Crippen LogP contribution is 2.27. The van der Waals surface area contributed by atoms with E-state index in [9.17, 15) is 0 Å². The fraction of sp³-hybridized carbons (Fsp3) is 0.357. The third-order valence-corrected chi connectivity index (χ3v) is 5.97. The molecule has 1 aliphatic rings. The molecule has 0 amide bonds. The molecule has 5 atom stereocenters. The topological polar surface area (TPSA) is 62.9 Å². The molecule has 0 aliphatic carbocycles. The second kappa shape index (κ2) is 12.1. The van der Waals surface area contributed by atoms with E-state index >= 15 is 0 Å². The summed E-state index contributed by atoms with van der Waals surface area (Å²) >= 11 is 0. The first-order valence-corrected chi connectivity index (χ1v) is 11.5. The molecule has 5 nitrogen and oxygen atoms in total. The molecule has 1 aliphatic heterocycles. The predicted octanol–water partition coefficient (Wildman–Crippen LogP) is 4.49. The zero-order chi connectivity index (χ0) is 22.9. The molecule has 0 aromatic heterocycles. The SMILES string of the molecule is CC1O[C@H](COCc2ccccc2)[C@@H](OCc2ccccc2)[C@H](OCc2ccccc2)[C@H]1N. The third-order valence-electron chi connectivity index (χ3n) is 5.97. The quantitative estimate of drug-likeness (QED) is 0.496. The van der Waals surface area contributed by atoms with Crippen LogP contribution in [0.3, 0.4) is 0 Å². The molecular weight excluding hydrogens is 414 g/mol. The Morgan fingerprint density at radius 1 is 0.667 bits per heavy atom. The van der Waals surface area contributed by atoms with Gasteiger partial charge in [0.1, 0.15) is 18.3 Å². The van der Waals surface area contributed by atoms with Gasteiger partial charge in [-0.3, -0.25) is 0 Å². The fourth-order valence-corrected chi connectivity index (χ4v) is 4.08. The van der Waals surface area contributed by atoms with Gasteiger partial charge in [0, 0.05) is 0 Å². The maximum absolute atomic E-state index is 6.56. The standard InChI is InChI=1S/C28H33NO4/c1-21-26(29)28(32-19-24-15-9-4-10-16-24)27(31-18-23-13-7-3-8-14-23)25(33-21)20-30-17-22-11-5-2-6-12-22/h2-16,21,25-28H,17-20,29H2,1H3/t21?,25-,26+,27-,28-/m1/s1. The lowest BCUT2D eigenvalue weighted by molar-refractivity contribution is -0.224. The highest BCUT2D eigenvalue weighted by molar-refractivity contribution is 5.15. The normalized spacial score (nSPS) is 25.1. The van der Waals surface area contributed by atoms with Crippen molar-refractivity contribution in [2.45, 2.75) is 57.2 Å². The van der Waals surface area contributed by atoms with E-state index in [0.29, 0.717) is 26.4 Å². The Bertz CT molecular complexity index is 938. The maximum Gasteiger partial charge on any atom is 0.114 e. The smallest absolute Gasteiger partial charge is 0.114 e. The van der Waals surface area contributed by atoms with Gasteiger partial charge in [-0.2, -0.15) is 0 Å². The first kappa shape index (κ1) is 23.6. The van der Waals surface area contributed by atoms with Crippen molar-refractivity contribution in [3.8, 4) is 0 Å². The predicted molar refractivity (Wildman–Crippen MR) is 128 cm³/mol.